The van der Waals surface area contributed by atoms with E-state index in [0.717, 1.165) is 25.6 Å². The summed E-state index contributed by atoms with van der Waals surface area (Å²) in [4.78, 5) is 6.91. The number of halogens is 1. The van der Waals surface area contributed by atoms with Crippen molar-refractivity contribution in [2.75, 3.05) is 38.5 Å². The molecule has 3 aliphatic heterocycles. The van der Waals surface area contributed by atoms with Crippen LogP contribution in [0.2, 0.25) is 0 Å². The van der Waals surface area contributed by atoms with Gasteiger partial charge < -0.3 is 15.0 Å². The van der Waals surface area contributed by atoms with E-state index in [4.69, 9.17) is 4.74 Å². The standard InChI is InChI=1S/C15H28N4O3S.HI/c1-3-16-15(17-7-8-18-23(20,21)4-2)19-9-11-12(10-19)14-6-5-13(11)22-14;/h11-14,18H,3-10H2,1-2H3,(H,16,17);1H. The Morgan fingerprint density at radius 2 is 1.83 bits per heavy atom. The summed E-state index contributed by atoms with van der Waals surface area (Å²) in [5.41, 5.74) is 0. The molecule has 7 nitrogen and oxygen atoms in total. The summed E-state index contributed by atoms with van der Waals surface area (Å²) in [5.74, 6) is 2.28. The summed E-state index contributed by atoms with van der Waals surface area (Å²) >= 11 is 0. The summed E-state index contributed by atoms with van der Waals surface area (Å²) in [5, 5.41) is 3.33. The molecule has 0 aromatic rings. The predicted molar refractivity (Wildman–Crippen MR) is 105 cm³/mol. The van der Waals surface area contributed by atoms with Crippen LogP contribution in [0, 0.1) is 11.8 Å². The van der Waals surface area contributed by atoms with Crippen LogP contribution in [0.5, 0.6) is 0 Å². The number of nitrogens with one attached hydrogen (secondary N) is 2. The molecule has 0 amide bonds. The monoisotopic (exact) mass is 472 g/mol. The Bertz CT molecular complexity index is 539. The minimum absolute atomic E-state index is 0. The highest BCUT2D eigenvalue weighted by Crippen LogP contribution is 2.47. The van der Waals surface area contributed by atoms with Crippen LogP contribution in [0.25, 0.3) is 0 Å². The van der Waals surface area contributed by atoms with Gasteiger partial charge in [0.05, 0.1) is 24.5 Å². The number of likely N-dealkylation sites (tertiary alicyclic amines) is 1. The largest absolute Gasteiger partial charge is 0.374 e. The van der Waals surface area contributed by atoms with Crippen LogP contribution in [0.3, 0.4) is 0 Å². The van der Waals surface area contributed by atoms with E-state index in [1.165, 1.54) is 12.8 Å². The van der Waals surface area contributed by atoms with Crippen molar-refractivity contribution >= 4 is 40.0 Å². The fourth-order valence-corrected chi connectivity index (χ4v) is 4.63. The zero-order valence-corrected chi connectivity index (χ0v) is 17.5. The van der Waals surface area contributed by atoms with Crippen LogP contribution in [0.15, 0.2) is 4.99 Å². The minimum Gasteiger partial charge on any atom is -0.374 e. The number of aliphatic imine (C=N–C) groups is 1. The van der Waals surface area contributed by atoms with Crippen molar-refractivity contribution in [1.82, 2.24) is 14.9 Å². The molecule has 3 saturated heterocycles. The summed E-state index contributed by atoms with van der Waals surface area (Å²) in [6, 6.07) is 0. The van der Waals surface area contributed by atoms with Crippen LogP contribution in [-0.2, 0) is 14.8 Å². The highest BCUT2D eigenvalue weighted by molar-refractivity contribution is 14.0. The van der Waals surface area contributed by atoms with Gasteiger partial charge in [-0.2, -0.15) is 0 Å². The molecule has 4 unspecified atom stereocenters. The third-order valence-electron chi connectivity index (χ3n) is 5.16. The maximum atomic E-state index is 11.4. The summed E-state index contributed by atoms with van der Waals surface area (Å²) in [7, 11) is -3.14. The number of guanidine groups is 1. The first kappa shape index (κ1) is 20.2. The van der Waals surface area contributed by atoms with E-state index < -0.39 is 10.0 Å². The Morgan fingerprint density at radius 1 is 1.21 bits per heavy atom. The lowest BCUT2D eigenvalue weighted by molar-refractivity contribution is 0.0767. The van der Waals surface area contributed by atoms with E-state index in [2.05, 4.69) is 26.9 Å². The van der Waals surface area contributed by atoms with Gasteiger partial charge in [-0.3, -0.25) is 4.99 Å². The Balaban J connectivity index is 0.00000208. The van der Waals surface area contributed by atoms with E-state index in [0.29, 0.717) is 37.1 Å². The number of ether oxygens (including phenoxy) is 1. The van der Waals surface area contributed by atoms with Crippen LogP contribution in [0.1, 0.15) is 26.7 Å². The number of sulfonamides is 1. The van der Waals surface area contributed by atoms with Crippen LogP contribution in [-0.4, -0.2) is 70.0 Å². The molecule has 24 heavy (non-hydrogen) atoms. The van der Waals surface area contributed by atoms with E-state index >= 15 is 0 Å². The maximum absolute atomic E-state index is 11.4. The molecule has 0 aromatic heterocycles. The molecule has 2 N–H and O–H groups in total. The fourth-order valence-electron chi connectivity index (χ4n) is 4.02. The molecule has 0 aromatic carbocycles. The van der Waals surface area contributed by atoms with Gasteiger partial charge in [-0.25, -0.2) is 13.1 Å². The molecular weight excluding hydrogens is 443 g/mol. The predicted octanol–water partition coefficient (Wildman–Crippen LogP) is 0.618. The fraction of sp³-hybridized carbons (Fsp3) is 0.933. The van der Waals surface area contributed by atoms with Crippen molar-refractivity contribution in [3.8, 4) is 0 Å². The zero-order chi connectivity index (χ0) is 16.4. The molecule has 0 spiro atoms. The third-order valence-corrected chi connectivity index (χ3v) is 6.57. The first-order valence-electron chi connectivity index (χ1n) is 8.70. The van der Waals surface area contributed by atoms with Crippen molar-refractivity contribution in [2.24, 2.45) is 16.8 Å². The highest BCUT2D eigenvalue weighted by atomic mass is 127. The quantitative estimate of drug-likeness (QED) is 0.256. The van der Waals surface area contributed by atoms with Gasteiger partial charge in [0.25, 0.3) is 0 Å². The Labute approximate surface area is 162 Å². The van der Waals surface area contributed by atoms with Gasteiger partial charge in [-0.1, -0.05) is 0 Å². The van der Waals surface area contributed by atoms with Crippen molar-refractivity contribution in [3.05, 3.63) is 0 Å². The van der Waals surface area contributed by atoms with Gasteiger partial charge in [0.1, 0.15) is 0 Å². The van der Waals surface area contributed by atoms with Crippen molar-refractivity contribution in [2.45, 2.75) is 38.9 Å². The molecule has 0 radical (unpaired) electrons. The summed E-state index contributed by atoms with van der Waals surface area (Å²) < 4.78 is 31.4. The molecule has 2 bridgehead atoms. The summed E-state index contributed by atoms with van der Waals surface area (Å²) in [6.45, 7) is 7.30. The zero-order valence-electron chi connectivity index (χ0n) is 14.4. The summed E-state index contributed by atoms with van der Waals surface area (Å²) in [6.07, 6.45) is 3.28. The molecule has 4 atom stereocenters. The highest BCUT2D eigenvalue weighted by Gasteiger charge is 2.53. The smallest absolute Gasteiger partial charge is 0.211 e. The van der Waals surface area contributed by atoms with E-state index in [-0.39, 0.29) is 29.7 Å². The van der Waals surface area contributed by atoms with Gasteiger partial charge in [0.15, 0.2) is 5.96 Å². The van der Waals surface area contributed by atoms with Gasteiger partial charge in [0, 0.05) is 38.0 Å². The number of fused-ring (bicyclic) bond motifs is 5. The van der Waals surface area contributed by atoms with E-state index in [1.807, 2.05) is 0 Å². The molecule has 0 aliphatic carbocycles. The SMILES string of the molecule is CCNC(=NCCNS(=O)(=O)CC)N1CC2C3CCC(O3)C2C1.I. The number of hydrogen-bond donors (Lipinski definition) is 2. The number of hydrogen-bond acceptors (Lipinski definition) is 4. The molecule has 3 heterocycles. The van der Waals surface area contributed by atoms with Gasteiger partial charge in [0.2, 0.25) is 10.0 Å². The molecule has 140 valence electrons. The second-order valence-corrected chi connectivity index (χ2v) is 8.65. The average Bonchev–Trinajstić information content (AvgIpc) is 3.22. The second kappa shape index (κ2) is 8.50. The topological polar surface area (TPSA) is 83.0 Å². The van der Waals surface area contributed by atoms with Crippen LogP contribution < -0.4 is 10.0 Å². The molecule has 0 saturated carbocycles. The minimum atomic E-state index is -3.14. The van der Waals surface area contributed by atoms with Crippen LogP contribution >= 0.6 is 24.0 Å². The van der Waals surface area contributed by atoms with E-state index in [1.54, 1.807) is 6.92 Å². The number of nitrogens with zero attached hydrogens (tertiary/aromatic N) is 2. The lowest BCUT2D eigenvalue weighted by atomic mass is 9.82. The lowest BCUT2D eigenvalue weighted by Gasteiger charge is -2.23. The lowest BCUT2D eigenvalue weighted by Crippen LogP contribution is -2.41. The molecular formula is C15H29IN4O3S. The van der Waals surface area contributed by atoms with Gasteiger partial charge in [-0.05, 0) is 26.7 Å². The Morgan fingerprint density at radius 3 is 2.38 bits per heavy atom. The van der Waals surface area contributed by atoms with Gasteiger partial charge in [-0.15, -0.1) is 24.0 Å². The number of rotatable bonds is 6. The Kier molecular flexibility index (Phi) is 7.15. The first-order valence-corrected chi connectivity index (χ1v) is 10.4. The maximum Gasteiger partial charge on any atom is 0.211 e. The van der Waals surface area contributed by atoms with Crippen molar-refractivity contribution < 1.29 is 13.2 Å². The third kappa shape index (κ3) is 4.34. The van der Waals surface area contributed by atoms with E-state index in [9.17, 15) is 8.42 Å². The molecule has 3 rings (SSSR count). The normalized spacial score (nSPS) is 31.9. The van der Waals surface area contributed by atoms with Crippen molar-refractivity contribution in [3.63, 3.8) is 0 Å². The molecule has 3 aliphatic rings. The van der Waals surface area contributed by atoms with Crippen molar-refractivity contribution in [1.29, 1.82) is 0 Å². The molecule has 3 fully saturated rings. The first-order chi connectivity index (χ1) is 11.0. The average molecular weight is 472 g/mol. The Hall–Kier alpha value is -0.130. The van der Waals surface area contributed by atoms with Crippen LogP contribution in [0.4, 0.5) is 0 Å². The van der Waals surface area contributed by atoms with Gasteiger partial charge >= 0.3 is 0 Å². The molecule has 9 heteroatoms. The second-order valence-electron chi connectivity index (χ2n) is 6.56.